The molecule has 2 aliphatic rings. The molecule has 6 heteroatoms. The molecule has 2 unspecified atom stereocenters. The zero-order valence-electron chi connectivity index (χ0n) is 13.0. The van der Waals surface area contributed by atoms with E-state index in [2.05, 4.69) is 5.10 Å². The Morgan fingerprint density at radius 2 is 2.26 bits per heavy atom. The second-order valence-electron chi connectivity index (χ2n) is 6.08. The van der Waals surface area contributed by atoms with Gasteiger partial charge in [-0.25, -0.2) is 0 Å². The molecular formula is C17H19N3O3. The second kappa shape index (κ2) is 5.38. The van der Waals surface area contributed by atoms with Gasteiger partial charge in [0, 0.05) is 19.2 Å². The predicted molar refractivity (Wildman–Crippen MR) is 83.1 cm³/mol. The highest BCUT2D eigenvalue weighted by Crippen LogP contribution is 2.34. The number of carbonyl (C=O) groups is 1. The number of aliphatic hydroxyl groups excluding tert-OH is 1. The fourth-order valence-electron chi connectivity index (χ4n) is 3.54. The quantitative estimate of drug-likeness (QED) is 0.900. The minimum atomic E-state index is -0.505. The van der Waals surface area contributed by atoms with Crippen LogP contribution in [0.4, 0.5) is 0 Å². The van der Waals surface area contributed by atoms with Crippen molar-refractivity contribution in [2.45, 2.75) is 32.0 Å². The van der Waals surface area contributed by atoms with E-state index >= 15 is 0 Å². The molecule has 0 saturated carbocycles. The van der Waals surface area contributed by atoms with Gasteiger partial charge in [0.05, 0.1) is 24.9 Å². The zero-order chi connectivity index (χ0) is 16.0. The number of aromatic nitrogens is 2. The minimum Gasteiger partial charge on any atom is -0.480 e. The largest absolute Gasteiger partial charge is 0.480 e. The van der Waals surface area contributed by atoms with Gasteiger partial charge in [0.15, 0.2) is 6.10 Å². The number of ether oxygens (including phenoxy) is 1. The molecule has 0 bridgehead atoms. The predicted octanol–water partition coefficient (Wildman–Crippen LogP) is 1.07. The van der Waals surface area contributed by atoms with Gasteiger partial charge in [0.2, 0.25) is 0 Å². The molecule has 4 rings (SSSR count). The molecule has 23 heavy (non-hydrogen) atoms. The van der Waals surface area contributed by atoms with E-state index in [9.17, 15) is 9.90 Å². The summed E-state index contributed by atoms with van der Waals surface area (Å²) >= 11 is 0. The number of benzene rings is 1. The van der Waals surface area contributed by atoms with E-state index < -0.39 is 6.10 Å². The first-order valence-corrected chi connectivity index (χ1v) is 7.87. The molecule has 0 saturated heterocycles. The molecule has 6 nitrogen and oxygen atoms in total. The highest BCUT2D eigenvalue weighted by atomic mass is 16.5. The van der Waals surface area contributed by atoms with Gasteiger partial charge in [0.1, 0.15) is 5.75 Å². The maximum atomic E-state index is 12.9. The van der Waals surface area contributed by atoms with E-state index in [1.54, 1.807) is 11.1 Å². The maximum Gasteiger partial charge on any atom is 0.264 e. The number of amides is 1. The van der Waals surface area contributed by atoms with Crippen LogP contribution in [-0.4, -0.2) is 44.9 Å². The number of para-hydroxylation sites is 1. The number of rotatable bonds is 2. The molecule has 2 aromatic rings. The first-order valence-electron chi connectivity index (χ1n) is 7.87. The number of nitrogens with zero attached hydrogens (tertiary/aromatic N) is 3. The molecule has 0 fully saturated rings. The van der Waals surface area contributed by atoms with Crippen molar-refractivity contribution in [3.05, 3.63) is 47.3 Å². The Kier molecular flexibility index (Phi) is 3.34. The van der Waals surface area contributed by atoms with E-state index in [1.807, 2.05) is 35.9 Å². The number of hydrogen-bond acceptors (Lipinski definition) is 4. The third kappa shape index (κ3) is 2.21. The fraction of sp³-hybridized carbons (Fsp3) is 0.412. The molecule has 0 radical (unpaired) electrons. The Balaban J connectivity index is 1.58. The number of aliphatic hydroxyl groups is 1. The lowest BCUT2D eigenvalue weighted by Crippen LogP contribution is -2.49. The van der Waals surface area contributed by atoms with E-state index in [0.29, 0.717) is 19.5 Å². The summed E-state index contributed by atoms with van der Waals surface area (Å²) in [7, 11) is 0. The van der Waals surface area contributed by atoms with E-state index in [0.717, 1.165) is 22.6 Å². The van der Waals surface area contributed by atoms with Crippen molar-refractivity contribution in [3.63, 3.8) is 0 Å². The fourth-order valence-corrected chi connectivity index (χ4v) is 3.54. The van der Waals surface area contributed by atoms with Crippen LogP contribution >= 0.6 is 0 Å². The molecule has 2 aliphatic heterocycles. The van der Waals surface area contributed by atoms with Gasteiger partial charge in [-0.1, -0.05) is 18.2 Å². The van der Waals surface area contributed by atoms with Crippen LogP contribution in [0.5, 0.6) is 5.75 Å². The highest BCUT2D eigenvalue weighted by molar-refractivity contribution is 5.83. The molecule has 0 spiro atoms. The number of aryl methyl sites for hydroxylation is 1. The number of hydrogen-bond donors (Lipinski definition) is 1. The monoisotopic (exact) mass is 313 g/mol. The molecule has 1 N–H and O–H groups in total. The normalized spacial score (nSPS) is 22.4. The summed E-state index contributed by atoms with van der Waals surface area (Å²) in [5.41, 5.74) is 3.00. The second-order valence-corrected chi connectivity index (χ2v) is 6.08. The minimum absolute atomic E-state index is 0.0629. The topological polar surface area (TPSA) is 67.6 Å². The standard InChI is InChI=1S/C17H19N3O3/c1-11-3-2-4-12-9-15(23-16(11)12)17(22)19-7-8-20-13(5-6-18-20)14(19)10-21/h2-6,14-15,21H,7-10H2,1H3. The van der Waals surface area contributed by atoms with E-state index in [4.69, 9.17) is 4.74 Å². The zero-order valence-corrected chi connectivity index (χ0v) is 13.0. The Morgan fingerprint density at radius 3 is 3.04 bits per heavy atom. The van der Waals surface area contributed by atoms with Gasteiger partial charge >= 0.3 is 0 Å². The van der Waals surface area contributed by atoms with Crippen LogP contribution in [0.15, 0.2) is 30.5 Å². The maximum absolute atomic E-state index is 12.9. The first kappa shape index (κ1) is 14.3. The van der Waals surface area contributed by atoms with Gasteiger partial charge in [-0.2, -0.15) is 5.10 Å². The van der Waals surface area contributed by atoms with Crippen molar-refractivity contribution in [1.29, 1.82) is 0 Å². The van der Waals surface area contributed by atoms with Gasteiger partial charge in [-0.15, -0.1) is 0 Å². The number of carbonyl (C=O) groups excluding carboxylic acids is 1. The average molecular weight is 313 g/mol. The summed E-state index contributed by atoms with van der Waals surface area (Å²) in [6.07, 6.45) is 1.79. The Labute approximate surface area is 134 Å². The van der Waals surface area contributed by atoms with Crippen LogP contribution in [0.1, 0.15) is 22.9 Å². The van der Waals surface area contributed by atoms with Crippen LogP contribution in [0.25, 0.3) is 0 Å². The van der Waals surface area contributed by atoms with Gasteiger partial charge in [-0.05, 0) is 24.1 Å². The molecule has 1 amide bonds. The van der Waals surface area contributed by atoms with Crippen LogP contribution in [0.3, 0.4) is 0 Å². The smallest absolute Gasteiger partial charge is 0.264 e. The van der Waals surface area contributed by atoms with Crippen molar-refractivity contribution >= 4 is 5.91 Å². The molecule has 3 heterocycles. The van der Waals surface area contributed by atoms with Crippen molar-refractivity contribution in [1.82, 2.24) is 14.7 Å². The average Bonchev–Trinajstić information content (AvgIpc) is 3.20. The SMILES string of the molecule is Cc1cccc2c1OC(C(=O)N1CCn3nccc3C1CO)C2. The summed E-state index contributed by atoms with van der Waals surface area (Å²) in [5, 5.41) is 14.0. The Hall–Kier alpha value is -2.34. The number of fused-ring (bicyclic) bond motifs is 2. The van der Waals surface area contributed by atoms with Crippen molar-refractivity contribution in [2.75, 3.05) is 13.2 Å². The van der Waals surface area contributed by atoms with Gasteiger partial charge in [-0.3, -0.25) is 9.48 Å². The van der Waals surface area contributed by atoms with Crippen LogP contribution in [0, 0.1) is 6.92 Å². The highest BCUT2D eigenvalue weighted by Gasteiger charge is 2.38. The van der Waals surface area contributed by atoms with Crippen LogP contribution in [-0.2, 0) is 17.8 Å². The Morgan fingerprint density at radius 1 is 1.39 bits per heavy atom. The van der Waals surface area contributed by atoms with Crippen LogP contribution < -0.4 is 4.74 Å². The third-order valence-electron chi connectivity index (χ3n) is 4.71. The van der Waals surface area contributed by atoms with Crippen molar-refractivity contribution in [2.24, 2.45) is 0 Å². The summed E-state index contributed by atoms with van der Waals surface area (Å²) in [4.78, 5) is 14.7. The van der Waals surface area contributed by atoms with Gasteiger partial charge in [0.25, 0.3) is 5.91 Å². The van der Waals surface area contributed by atoms with Crippen LogP contribution in [0.2, 0.25) is 0 Å². The summed E-state index contributed by atoms with van der Waals surface area (Å²) in [6, 6.07) is 7.48. The molecule has 1 aromatic heterocycles. The lowest BCUT2D eigenvalue weighted by atomic mass is 10.0. The lowest BCUT2D eigenvalue weighted by Gasteiger charge is -2.36. The molecule has 0 aliphatic carbocycles. The summed E-state index contributed by atoms with van der Waals surface area (Å²) in [6.45, 7) is 3.05. The van der Waals surface area contributed by atoms with E-state index in [1.165, 1.54) is 0 Å². The van der Waals surface area contributed by atoms with E-state index in [-0.39, 0.29) is 18.6 Å². The third-order valence-corrected chi connectivity index (χ3v) is 4.71. The molecule has 1 aromatic carbocycles. The molecule has 2 atom stereocenters. The van der Waals surface area contributed by atoms with Crippen molar-refractivity contribution < 1.29 is 14.6 Å². The molecular weight excluding hydrogens is 294 g/mol. The summed E-state index contributed by atoms with van der Waals surface area (Å²) in [5.74, 6) is 0.764. The first-order chi connectivity index (χ1) is 11.2. The van der Waals surface area contributed by atoms with Gasteiger partial charge < -0.3 is 14.7 Å². The lowest BCUT2D eigenvalue weighted by molar-refractivity contribution is -0.142. The molecule has 120 valence electrons. The summed E-state index contributed by atoms with van der Waals surface area (Å²) < 4.78 is 7.77. The van der Waals surface area contributed by atoms with Crippen molar-refractivity contribution in [3.8, 4) is 5.75 Å². The Bertz CT molecular complexity index is 755.